The topological polar surface area (TPSA) is 107 Å². The van der Waals surface area contributed by atoms with E-state index in [0.29, 0.717) is 62.3 Å². The molecule has 0 saturated heterocycles. The number of rotatable bonds is 12. The van der Waals surface area contributed by atoms with Gasteiger partial charge in [-0.1, -0.05) is 46.8 Å². The van der Waals surface area contributed by atoms with Gasteiger partial charge in [-0.15, -0.1) is 0 Å². The number of anilines is 1. The van der Waals surface area contributed by atoms with Crippen LogP contribution in [-0.2, 0) is 9.53 Å². The minimum Gasteiger partial charge on any atom is -0.496 e. The molecule has 2 fully saturated rings. The number of nitrogens with zero attached hydrogens (tertiary/aromatic N) is 3. The second-order valence-corrected chi connectivity index (χ2v) is 15.3. The molecule has 0 radical (unpaired) electrons. The molecule has 2 aromatic heterocycles. The molecule has 0 bridgehead atoms. The van der Waals surface area contributed by atoms with E-state index in [9.17, 15) is 9.59 Å². The van der Waals surface area contributed by atoms with Crippen LogP contribution in [0.1, 0.15) is 121 Å². The Hall–Kier alpha value is -3.88. The van der Waals surface area contributed by atoms with E-state index in [1.165, 1.54) is 11.1 Å². The standard InChI is InChI=1S/C40H56N4O5/c1-8-40(5,6)25-42-39(46)49-33-16-13-30(14-17-33)38(45)44(36-22-32(19-20-41-36)34-24-48-37(43-34)26(2)3)23-28-9-11-29(12-10-28)31-15-18-35(47-7)27(4)21-31/h15,18-22,24,26,28-30,33H,8-14,16-17,23,25H2,1-7H3,(H,42,46). The van der Waals surface area contributed by atoms with Crippen molar-refractivity contribution in [2.24, 2.45) is 17.3 Å². The molecule has 5 rings (SSSR count). The first-order valence-electron chi connectivity index (χ1n) is 18.3. The molecule has 1 N–H and O–H groups in total. The zero-order valence-corrected chi connectivity index (χ0v) is 30.6. The first-order chi connectivity index (χ1) is 23.5. The molecule has 9 heteroatoms. The maximum Gasteiger partial charge on any atom is 0.407 e. The number of pyridine rings is 1. The van der Waals surface area contributed by atoms with E-state index in [0.717, 1.165) is 49.1 Å². The number of alkyl carbamates (subject to hydrolysis) is 1. The van der Waals surface area contributed by atoms with Crippen LogP contribution in [0.3, 0.4) is 0 Å². The number of hydrogen-bond donors (Lipinski definition) is 1. The molecule has 0 unspecified atom stereocenters. The van der Waals surface area contributed by atoms with Crippen molar-refractivity contribution in [3.63, 3.8) is 0 Å². The van der Waals surface area contributed by atoms with Crippen molar-refractivity contribution >= 4 is 17.8 Å². The maximum atomic E-state index is 14.4. The highest BCUT2D eigenvalue weighted by molar-refractivity contribution is 5.94. The van der Waals surface area contributed by atoms with Gasteiger partial charge in [-0.05, 0) is 111 Å². The van der Waals surface area contributed by atoms with Crippen molar-refractivity contribution in [1.82, 2.24) is 15.3 Å². The Morgan fingerprint density at radius 1 is 1.04 bits per heavy atom. The highest BCUT2D eigenvalue weighted by atomic mass is 16.6. The molecule has 0 atom stereocenters. The normalized spacial score (nSPS) is 21.3. The van der Waals surface area contributed by atoms with Gasteiger partial charge in [-0.2, -0.15) is 0 Å². The van der Waals surface area contributed by atoms with Crippen molar-refractivity contribution in [3.05, 3.63) is 59.8 Å². The van der Waals surface area contributed by atoms with Crippen molar-refractivity contribution in [2.75, 3.05) is 25.1 Å². The molecule has 9 nitrogen and oxygen atoms in total. The predicted octanol–water partition coefficient (Wildman–Crippen LogP) is 9.21. The molecule has 2 aliphatic rings. The largest absolute Gasteiger partial charge is 0.496 e. The summed E-state index contributed by atoms with van der Waals surface area (Å²) in [6.07, 6.45) is 10.8. The van der Waals surface area contributed by atoms with Crippen LogP contribution in [0.2, 0.25) is 0 Å². The summed E-state index contributed by atoms with van der Waals surface area (Å²) in [5.74, 6) is 3.28. The number of carbonyl (C=O) groups is 2. The Labute approximate surface area is 292 Å². The van der Waals surface area contributed by atoms with Gasteiger partial charge in [0.1, 0.15) is 29.6 Å². The van der Waals surface area contributed by atoms with Gasteiger partial charge in [-0.3, -0.25) is 9.69 Å². The first-order valence-corrected chi connectivity index (χ1v) is 18.3. The Morgan fingerprint density at radius 3 is 2.41 bits per heavy atom. The summed E-state index contributed by atoms with van der Waals surface area (Å²) in [5, 5.41) is 2.93. The summed E-state index contributed by atoms with van der Waals surface area (Å²) < 4.78 is 17.0. The second kappa shape index (κ2) is 16.2. The molecule has 2 aliphatic carbocycles. The van der Waals surface area contributed by atoms with Crippen LogP contribution in [-0.4, -0.2) is 48.3 Å². The summed E-state index contributed by atoms with van der Waals surface area (Å²) in [7, 11) is 1.72. The van der Waals surface area contributed by atoms with Gasteiger partial charge in [0.25, 0.3) is 0 Å². The lowest BCUT2D eigenvalue weighted by molar-refractivity contribution is -0.124. The Morgan fingerprint density at radius 2 is 1.78 bits per heavy atom. The maximum absolute atomic E-state index is 14.4. The number of amides is 2. The van der Waals surface area contributed by atoms with Crippen LogP contribution in [0.5, 0.6) is 5.75 Å². The van der Waals surface area contributed by atoms with Crippen LogP contribution < -0.4 is 15.0 Å². The third kappa shape index (κ3) is 9.43. The first kappa shape index (κ1) is 36.4. The molecule has 0 aliphatic heterocycles. The minimum absolute atomic E-state index is 0.0241. The summed E-state index contributed by atoms with van der Waals surface area (Å²) in [5.41, 5.74) is 4.18. The van der Waals surface area contributed by atoms with Crippen molar-refractivity contribution in [1.29, 1.82) is 0 Å². The number of nitrogens with one attached hydrogen (secondary N) is 1. The number of aromatic nitrogens is 2. The fourth-order valence-electron chi connectivity index (χ4n) is 7.08. The fraction of sp³-hybridized carbons (Fsp3) is 0.600. The van der Waals surface area contributed by atoms with Crippen molar-refractivity contribution in [3.8, 4) is 17.0 Å². The van der Waals surface area contributed by atoms with E-state index in [-0.39, 0.29) is 35.4 Å². The third-order valence-corrected chi connectivity index (χ3v) is 10.7. The smallest absolute Gasteiger partial charge is 0.407 e. The molecular weight excluding hydrogens is 616 g/mol. The van der Waals surface area contributed by atoms with E-state index in [1.54, 1.807) is 19.6 Å². The van der Waals surface area contributed by atoms with E-state index in [4.69, 9.17) is 23.9 Å². The van der Waals surface area contributed by atoms with Gasteiger partial charge >= 0.3 is 6.09 Å². The van der Waals surface area contributed by atoms with Gasteiger partial charge in [0.05, 0.1) is 7.11 Å². The number of methoxy groups -OCH3 is 1. The second-order valence-electron chi connectivity index (χ2n) is 15.3. The van der Waals surface area contributed by atoms with Gasteiger partial charge in [0.2, 0.25) is 5.91 Å². The van der Waals surface area contributed by atoms with E-state index >= 15 is 0 Å². The number of hydrogen-bond acceptors (Lipinski definition) is 7. The van der Waals surface area contributed by atoms with Crippen molar-refractivity contribution in [2.45, 2.75) is 117 Å². The van der Waals surface area contributed by atoms with Crippen molar-refractivity contribution < 1.29 is 23.5 Å². The van der Waals surface area contributed by atoms with Gasteiger partial charge in [0, 0.05) is 36.7 Å². The van der Waals surface area contributed by atoms with Gasteiger partial charge in [-0.25, -0.2) is 14.8 Å². The fourth-order valence-corrected chi connectivity index (χ4v) is 7.08. The molecule has 266 valence electrons. The Kier molecular flexibility index (Phi) is 12.0. The molecule has 3 aromatic rings. The quantitative estimate of drug-likeness (QED) is 0.204. The molecule has 1 aromatic carbocycles. The molecule has 2 saturated carbocycles. The number of carbonyl (C=O) groups excluding carboxylic acids is 2. The minimum atomic E-state index is -0.368. The summed E-state index contributed by atoms with van der Waals surface area (Å²) >= 11 is 0. The van der Waals surface area contributed by atoms with Crippen LogP contribution in [0.15, 0.2) is 47.2 Å². The molecular formula is C40H56N4O5. The van der Waals surface area contributed by atoms with Crippen LogP contribution in [0.25, 0.3) is 11.3 Å². The van der Waals surface area contributed by atoms with Crippen LogP contribution in [0, 0.1) is 24.2 Å². The van der Waals surface area contributed by atoms with Crippen LogP contribution >= 0.6 is 0 Å². The summed E-state index contributed by atoms with van der Waals surface area (Å²) in [4.78, 5) is 38.3. The third-order valence-electron chi connectivity index (χ3n) is 10.7. The monoisotopic (exact) mass is 672 g/mol. The number of benzene rings is 1. The zero-order chi connectivity index (χ0) is 35.1. The SMILES string of the molecule is CCC(C)(C)CNC(=O)OC1CCC(C(=O)N(CC2CCC(c3ccc(OC)c(C)c3)CC2)c2cc(-c3coc(C(C)C)n3)ccn2)CC1. The lowest BCUT2D eigenvalue weighted by Crippen LogP contribution is -2.43. The molecule has 0 spiro atoms. The van der Waals surface area contributed by atoms with E-state index in [1.807, 2.05) is 17.0 Å². The molecule has 49 heavy (non-hydrogen) atoms. The average Bonchev–Trinajstić information content (AvgIpc) is 3.61. The average molecular weight is 673 g/mol. The highest BCUT2D eigenvalue weighted by Crippen LogP contribution is 2.39. The van der Waals surface area contributed by atoms with Gasteiger partial charge < -0.3 is 19.2 Å². The number of ether oxygens (including phenoxy) is 2. The van der Waals surface area contributed by atoms with E-state index < -0.39 is 0 Å². The molecule has 2 heterocycles. The lowest BCUT2D eigenvalue weighted by Gasteiger charge is -2.35. The number of oxazole rings is 1. The summed E-state index contributed by atoms with van der Waals surface area (Å²) in [6, 6.07) is 10.4. The van der Waals surface area contributed by atoms with Gasteiger partial charge in [0.15, 0.2) is 5.89 Å². The summed E-state index contributed by atoms with van der Waals surface area (Å²) in [6.45, 7) is 13.8. The zero-order valence-electron chi connectivity index (χ0n) is 30.6. The number of aryl methyl sites for hydroxylation is 1. The predicted molar refractivity (Wildman–Crippen MR) is 193 cm³/mol. The Bertz CT molecular complexity index is 1550. The highest BCUT2D eigenvalue weighted by Gasteiger charge is 2.34. The Balaban J connectivity index is 1.27. The lowest BCUT2D eigenvalue weighted by atomic mass is 9.78. The molecule has 2 amide bonds. The van der Waals surface area contributed by atoms with Crippen LogP contribution in [0.4, 0.5) is 10.6 Å². The van der Waals surface area contributed by atoms with E-state index in [2.05, 4.69) is 65.1 Å².